The van der Waals surface area contributed by atoms with Gasteiger partial charge in [-0.05, 0) is 53.1 Å². The zero-order valence-electron chi connectivity index (χ0n) is 15.8. The van der Waals surface area contributed by atoms with Crippen molar-refractivity contribution in [3.8, 4) is 16.9 Å². The molecule has 0 saturated carbocycles. The van der Waals surface area contributed by atoms with Crippen molar-refractivity contribution >= 4 is 23.1 Å². The number of benzene rings is 3. The Morgan fingerprint density at radius 1 is 0.933 bits per heavy atom. The lowest BCUT2D eigenvalue weighted by molar-refractivity contribution is -0.114. The van der Waals surface area contributed by atoms with Gasteiger partial charge in [0.2, 0.25) is 0 Å². The molecule has 1 aliphatic heterocycles. The van der Waals surface area contributed by atoms with Crippen molar-refractivity contribution in [2.45, 2.75) is 6.54 Å². The van der Waals surface area contributed by atoms with Gasteiger partial charge in [0, 0.05) is 23.9 Å². The van der Waals surface area contributed by atoms with E-state index in [0.717, 1.165) is 16.7 Å². The third-order valence-corrected chi connectivity index (χ3v) is 4.85. The van der Waals surface area contributed by atoms with Crippen molar-refractivity contribution in [2.75, 3.05) is 5.73 Å². The molecule has 0 spiro atoms. The van der Waals surface area contributed by atoms with E-state index >= 15 is 0 Å². The van der Waals surface area contributed by atoms with Gasteiger partial charge in [-0.3, -0.25) is 14.9 Å². The minimum atomic E-state index is -0.517. The second-order valence-corrected chi connectivity index (χ2v) is 6.88. The van der Waals surface area contributed by atoms with Crippen molar-refractivity contribution in [2.24, 2.45) is 0 Å². The Morgan fingerprint density at radius 3 is 2.40 bits per heavy atom. The Morgan fingerprint density at radius 2 is 1.67 bits per heavy atom. The van der Waals surface area contributed by atoms with Crippen LogP contribution >= 0.6 is 0 Å². The molecule has 3 aromatic carbocycles. The number of aromatic hydroxyl groups is 1. The molecule has 7 heteroatoms. The molecular weight excluding hydrogens is 385 g/mol. The van der Waals surface area contributed by atoms with Crippen molar-refractivity contribution in [1.29, 1.82) is 0 Å². The Bertz CT molecular complexity index is 1190. The molecule has 0 radical (unpaired) electrons. The van der Waals surface area contributed by atoms with Crippen LogP contribution in [0.5, 0.6) is 5.75 Å². The van der Waals surface area contributed by atoms with E-state index < -0.39 is 11.8 Å². The third-order valence-electron chi connectivity index (χ3n) is 4.85. The monoisotopic (exact) mass is 403 g/mol. The first-order chi connectivity index (χ1) is 14.4. The number of nitrogens with one attached hydrogen (secondary N) is 2. The first-order valence-corrected chi connectivity index (χ1v) is 9.19. The molecule has 1 heterocycles. The Kier molecular flexibility index (Phi) is 4.93. The van der Waals surface area contributed by atoms with Crippen LogP contribution in [-0.4, -0.2) is 16.9 Å². The van der Waals surface area contributed by atoms with Crippen LogP contribution in [0.1, 0.15) is 21.5 Å². The molecule has 150 valence electrons. The molecule has 0 fully saturated rings. The fourth-order valence-corrected chi connectivity index (χ4v) is 3.26. The average Bonchev–Trinajstić information content (AvgIpc) is 2.73. The van der Waals surface area contributed by atoms with Crippen LogP contribution in [0.25, 0.3) is 16.7 Å². The number of carbonyl (C=O) groups is 2. The highest BCUT2D eigenvalue weighted by Gasteiger charge is 2.27. The Labute approximate surface area is 171 Å². The van der Waals surface area contributed by atoms with Crippen molar-refractivity contribution in [1.82, 2.24) is 10.6 Å². The highest BCUT2D eigenvalue weighted by atomic mass is 19.1. The molecule has 5 N–H and O–H groups in total. The van der Waals surface area contributed by atoms with Crippen LogP contribution in [0.15, 0.2) is 66.9 Å². The van der Waals surface area contributed by atoms with Gasteiger partial charge in [-0.15, -0.1) is 0 Å². The molecular formula is C23H18FN3O3. The van der Waals surface area contributed by atoms with E-state index in [1.54, 1.807) is 42.5 Å². The molecule has 0 bridgehead atoms. The number of nitrogens with two attached hydrogens (primary N) is 1. The summed E-state index contributed by atoms with van der Waals surface area (Å²) in [5.74, 6) is -1.35. The molecule has 6 nitrogen and oxygen atoms in total. The minimum absolute atomic E-state index is 0.0164. The third kappa shape index (κ3) is 3.73. The van der Waals surface area contributed by atoms with Gasteiger partial charge in [0.25, 0.3) is 11.8 Å². The summed E-state index contributed by atoms with van der Waals surface area (Å²) >= 11 is 0. The van der Waals surface area contributed by atoms with Crippen LogP contribution in [-0.2, 0) is 11.3 Å². The topological polar surface area (TPSA) is 104 Å². The van der Waals surface area contributed by atoms with E-state index in [1.165, 1.54) is 24.4 Å². The molecule has 0 atom stereocenters. The van der Waals surface area contributed by atoms with Gasteiger partial charge in [0.05, 0.1) is 11.3 Å². The predicted octanol–water partition coefficient (Wildman–Crippen LogP) is 3.18. The summed E-state index contributed by atoms with van der Waals surface area (Å²) in [5.41, 5.74) is 9.33. The number of halogens is 1. The summed E-state index contributed by atoms with van der Waals surface area (Å²) in [6.07, 6.45) is 1.53. The normalized spacial score (nSPS) is 14.4. The summed E-state index contributed by atoms with van der Waals surface area (Å²) < 4.78 is 13.2. The van der Waals surface area contributed by atoms with Gasteiger partial charge in [-0.1, -0.05) is 24.3 Å². The lowest BCUT2D eigenvalue weighted by Gasteiger charge is -2.19. The SMILES string of the molecule is Nc1ccc(CNC=C2C(=O)NC(=O)c3ccc(-c4ccc(F)cc4)cc32)cc1O. The molecule has 4 rings (SSSR count). The van der Waals surface area contributed by atoms with Crippen LogP contribution in [0, 0.1) is 5.82 Å². The number of amides is 2. The minimum Gasteiger partial charge on any atom is -0.506 e. The second kappa shape index (κ2) is 7.71. The molecule has 0 aliphatic carbocycles. The molecule has 0 saturated heterocycles. The van der Waals surface area contributed by atoms with E-state index in [9.17, 15) is 19.1 Å². The number of carbonyl (C=O) groups excluding carboxylic acids is 2. The van der Waals surface area contributed by atoms with Crippen LogP contribution in [0.3, 0.4) is 0 Å². The molecule has 0 aromatic heterocycles. The van der Waals surface area contributed by atoms with Crippen LogP contribution < -0.4 is 16.4 Å². The lowest BCUT2D eigenvalue weighted by atomic mass is 9.91. The zero-order chi connectivity index (χ0) is 21.3. The highest BCUT2D eigenvalue weighted by Crippen LogP contribution is 2.29. The van der Waals surface area contributed by atoms with E-state index in [-0.39, 0.29) is 17.3 Å². The summed E-state index contributed by atoms with van der Waals surface area (Å²) in [7, 11) is 0. The number of nitrogen functional groups attached to an aromatic ring is 1. The van der Waals surface area contributed by atoms with E-state index in [2.05, 4.69) is 10.6 Å². The number of fused-ring (bicyclic) bond motifs is 1. The number of phenols is 1. The standard InChI is InChI=1S/C23H18FN3O3/c24-16-5-2-14(3-6-16)15-4-7-17-18(10-15)19(23(30)27-22(17)29)12-26-11-13-1-8-20(25)21(28)9-13/h1-10,12,26,28H,11,25H2,(H,27,29,30). The van der Waals surface area contributed by atoms with Gasteiger partial charge in [-0.2, -0.15) is 0 Å². The largest absolute Gasteiger partial charge is 0.506 e. The van der Waals surface area contributed by atoms with Gasteiger partial charge < -0.3 is 16.2 Å². The average molecular weight is 403 g/mol. The maximum Gasteiger partial charge on any atom is 0.260 e. The summed E-state index contributed by atoms with van der Waals surface area (Å²) in [6, 6.07) is 16.0. The van der Waals surface area contributed by atoms with Gasteiger partial charge in [0.15, 0.2) is 0 Å². The number of imide groups is 1. The van der Waals surface area contributed by atoms with E-state index in [1.807, 2.05) is 0 Å². The number of rotatable bonds is 4. The summed E-state index contributed by atoms with van der Waals surface area (Å²) in [5, 5.41) is 15.1. The van der Waals surface area contributed by atoms with E-state index in [4.69, 9.17) is 5.73 Å². The van der Waals surface area contributed by atoms with Gasteiger partial charge >= 0.3 is 0 Å². The van der Waals surface area contributed by atoms with Gasteiger partial charge in [-0.25, -0.2) is 4.39 Å². The maximum atomic E-state index is 13.2. The van der Waals surface area contributed by atoms with Crippen LogP contribution in [0.2, 0.25) is 0 Å². The molecule has 30 heavy (non-hydrogen) atoms. The number of phenolic OH excluding ortho intramolecular Hbond substituents is 1. The number of anilines is 1. The number of hydrogen-bond donors (Lipinski definition) is 4. The highest BCUT2D eigenvalue weighted by molar-refractivity contribution is 6.31. The molecule has 3 aromatic rings. The summed E-state index contributed by atoms with van der Waals surface area (Å²) in [4.78, 5) is 24.7. The zero-order valence-corrected chi connectivity index (χ0v) is 15.8. The van der Waals surface area contributed by atoms with Crippen LogP contribution in [0.4, 0.5) is 10.1 Å². The van der Waals surface area contributed by atoms with Crippen molar-refractivity contribution < 1.29 is 19.1 Å². The predicted molar refractivity (Wildman–Crippen MR) is 112 cm³/mol. The fourth-order valence-electron chi connectivity index (χ4n) is 3.26. The van der Waals surface area contributed by atoms with Crippen molar-refractivity contribution in [3.05, 3.63) is 89.4 Å². The van der Waals surface area contributed by atoms with E-state index in [0.29, 0.717) is 23.2 Å². The first-order valence-electron chi connectivity index (χ1n) is 9.19. The quantitative estimate of drug-likeness (QED) is 0.232. The maximum absolute atomic E-state index is 13.2. The second-order valence-electron chi connectivity index (χ2n) is 6.88. The summed E-state index contributed by atoms with van der Waals surface area (Å²) in [6.45, 7) is 0.339. The molecule has 0 unspecified atom stereocenters. The first kappa shape index (κ1) is 19.2. The van der Waals surface area contributed by atoms with Gasteiger partial charge in [0.1, 0.15) is 11.6 Å². The lowest BCUT2D eigenvalue weighted by Crippen LogP contribution is -2.37. The molecule has 1 aliphatic rings. The van der Waals surface area contributed by atoms with Crippen molar-refractivity contribution in [3.63, 3.8) is 0 Å². The number of hydrogen-bond acceptors (Lipinski definition) is 5. The molecule has 2 amide bonds. The fraction of sp³-hybridized carbons (Fsp3) is 0.0435. The smallest absolute Gasteiger partial charge is 0.260 e. The Balaban J connectivity index is 1.66. The Hall–Kier alpha value is -4.13.